The normalized spacial score (nSPS) is 15.8. The summed E-state index contributed by atoms with van der Waals surface area (Å²) in [6, 6.07) is 9.95. The van der Waals surface area contributed by atoms with Gasteiger partial charge in [0.2, 0.25) is 5.91 Å². The molecule has 4 heterocycles. The molecule has 1 fully saturated rings. The zero-order valence-corrected chi connectivity index (χ0v) is 19.1. The third-order valence-corrected chi connectivity index (χ3v) is 6.74. The second-order valence-electron chi connectivity index (χ2n) is 8.22. The van der Waals surface area contributed by atoms with Crippen LogP contribution in [0.2, 0.25) is 0 Å². The highest BCUT2D eigenvalue weighted by atomic mass is 32.1. The SMILES string of the molecule is Cc1nc(C(=O)N2CCc3c(c(C(=O)N4CCNC(=O)C4)nn3Cc3ccccc3)C2)cs1. The quantitative estimate of drug-likeness (QED) is 0.630. The molecule has 2 aromatic heterocycles. The first-order valence-electron chi connectivity index (χ1n) is 10.9. The molecule has 0 atom stereocenters. The van der Waals surface area contributed by atoms with Gasteiger partial charge in [0.05, 0.1) is 24.6 Å². The smallest absolute Gasteiger partial charge is 0.275 e. The molecule has 33 heavy (non-hydrogen) atoms. The van der Waals surface area contributed by atoms with Crippen LogP contribution < -0.4 is 5.32 Å². The van der Waals surface area contributed by atoms with Crippen LogP contribution >= 0.6 is 11.3 Å². The molecule has 2 aliphatic rings. The van der Waals surface area contributed by atoms with Crippen LogP contribution in [0.25, 0.3) is 0 Å². The lowest BCUT2D eigenvalue weighted by molar-refractivity contribution is -0.123. The summed E-state index contributed by atoms with van der Waals surface area (Å²) in [5.41, 5.74) is 3.55. The molecule has 0 radical (unpaired) electrons. The van der Waals surface area contributed by atoms with Gasteiger partial charge in [-0.1, -0.05) is 30.3 Å². The van der Waals surface area contributed by atoms with Gasteiger partial charge in [-0.15, -0.1) is 11.3 Å². The van der Waals surface area contributed by atoms with Gasteiger partial charge in [0.15, 0.2) is 5.69 Å². The molecule has 0 unspecified atom stereocenters. The Bertz CT molecular complexity index is 1220. The number of benzene rings is 1. The summed E-state index contributed by atoms with van der Waals surface area (Å²) in [5, 5.41) is 10.1. The highest BCUT2D eigenvalue weighted by Crippen LogP contribution is 2.26. The fourth-order valence-corrected chi connectivity index (χ4v) is 4.90. The van der Waals surface area contributed by atoms with E-state index in [0.29, 0.717) is 50.5 Å². The third kappa shape index (κ3) is 4.25. The number of carbonyl (C=O) groups is 3. The van der Waals surface area contributed by atoms with E-state index in [1.54, 1.807) is 10.3 Å². The molecule has 0 bridgehead atoms. The minimum atomic E-state index is -0.272. The van der Waals surface area contributed by atoms with Gasteiger partial charge in [0.1, 0.15) is 5.69 Å². The molecule has 1 N–H and O–H groups in total. The van der Waals surface area contributed by atoms with Crippen LogP contribution in [0.5, 0.6) is 0 Å². The second kappa shape index (κ2) is 8.78. The third-order valence-electron chi connectivity index (χ3n) is 5.96. The van der Waals surface area contributed by atoms with E-state index in [9.17, 15) is 14.4 Å². The standard InChI is InChI=1S/C23H24N6O3S/c1-15-25-18(14-33-15)22(31)27-9-7-19-17(12-27)21(23(32)28-10-8-24-20(30)13-28)26-29(19)11-16-5-3-2-4-6-16/h2-6,14H,7-13H2,1H3,(H,24,30). The molecule has 3 amide bonds. The van der Waals surface area contributed by atoms with Crippen LogP contribution in [0, 0.1) is 6.92 Å². The number of fused-ring (bicyclic) bond motifs is 1. The maximum atomic E-state index is 13.4. The number of aromatic nitrogens is 3. The predicted molar refractivity (Wildman–Crippen MR) is 122 cm³/mol. The van der Waals surface area contributed by atoms with Crippen molar-refractivity contribution in [1.29, 1.82) is 0 Å². The molecule has 170 valence electrons. The lowest BCUT2D eigenvalue weighted by atomic mass is 10.0. The molecule has 5 rings (SSSR count). The molecule has 9 nitrogen and oxygen atoms in total. The maximum absolute atomic E-state index is 13.4. The number of carbonyl (C=O) groups excluding carboxylic acids is 3. The summed E-state index contributed by atoms with van der Waals surface area (Å²) in [7, 11) is 0. The van der Waals surface area contributed by atoms with Gasteiger partial charge in [-0.05, 0) is 12.5 Å². The maximum Gasteiger partial charge on any atom is 0.275 e. The second-order valence-corrected chi connectivity index (χ2v) is 9.28. The van der Waals surface area contributed by atoms with Crippen molar-refractivity contribution in [3.63, 3.8) is 0 Å². The van der Waals surface area contributed by atoms with Gasteiger partial charge in [-0.2, -0.15) is 5.10 Å². The summed E-state index contributed by atoms with van der Waals surface area (Å²) in [5.74, 6) is -0.592. The zero-order valence-electron chi connectivity index (χ0n) is 18.3. The van der Waals surface area contributed by atoms with E-state index in [4.69, 9.17) is 5.10 Å². The van der Waals surface area contributed by atoms with Gasteiger partial charge in [-0.25, -0.2) is 4.98 Å². The first-order valence-corrected chi connectivity index (χ1v) is 11.8. The van der Waals surface area contributed by atoms with Crippen LogP contribution in [0.1, 0.15) is 42.8 Å². The van der Waals surface area contributed by atoms with Gasteiger partial charge >= 0.3 is 0 Å². The molecule has 1 saturated heterocycles. The van der Waals surface area contributed by atoms with Crippen LogP contribution in [-0.2, 0) is 24.3 Å². The van der Waals surface area contributed by atoms with Gasteiger partial charge in [0.25, 0.3) is 11.8 Å². The number of aryl methyl sites for hydroxylation is 1. The topological polar surface area (TPSA) is 100 Å². The van der Waals surface area contributed by atoms with Crippen LogP contribution in [-0.4, -0.2) is 68.5 Å². The Balaban J connectivity index is 1.48. The Kier molecular flexibility index (Phi) is 5.67. The first-order chi connectivity index (χ1) is 16.0. The Hall–Kier alpha value is -3.53. The van der Waals surface area contributed by atoms with Crippen molar-refractivity contribution in [2.45, 2.75) is 26.4 Å². The molecule has 10 heteroatoms. The summed E-state index contributed by atoms with van der Waals surface area (Å²) in [6.45, 7) is 4.10. The fraction of sp³-hybridized carbons (Fsp3) is 0.348. The Morgan fingerprint density at radius 3 is 2.61 bits per heavy atom. The number of hydrogen-bond acceptors (Lipinski definition) is 6. The Morgan fingerprint density at radius 2 is 1.88 bits per heavy atom. The molecular weight excluding hydrogens is 440 g/mol. The summed E-state index contributed by atoms with van der Waals surface area (Å²) in [6.07, 6.45) is 0.595. The van der Waals surface area contributed by atoms with Gasteiger partial charge < -0.3 is 15.1 Å². The van der Waals surface area contributed by atoms with Gasteiger partial charge in [-0.3, -0.25) is 19.1 Å². The largest absolute Gasteiger partial charge is 0.353 e. The summed E-state index contributed by atoms with van der Waals surface area (Å²) >= 11 is 1.44. The first kappa shape index (κ1) is 21.3. The Labute approximate surface area is 195 Å². The molecular formula is C23H24N6O3S. The molecule has 3 aromatic rings. The number of thiazole rings is 1. The average Bonchev–Trinajstić information content (AvgIpc) is 3.42. The van der Waals surface area contributed by atoms with E-state index < -0.39 is 0 Å². The average molecular weight is 465 g/mol. The van der Waals surface area contributed by atoms with E-state index in [1.807, 2.05) is 41.9 Å². The lowest BCUT2D eigenvalue weighted by Gasteiger charge is -2.29. The summed E-state index contributed by atoms with van der Waals surface area (Å²) < 4.78 is 1.87. The fourth-order valence-electron chi connectivity index (χ4n) is 4.31. The molecule has 0 saturated carbocycles. The lowest BCUT2D eigenvalue weighted by Crippen LogP contribution is -2.50. The van der Waals surface area contributed by atoms with Crippen molar-refractivity contribution in [3.8, 4) is 0 Å². The van der Waals surface area contributed by atoms with E-state index >= 15 is 0 Å². The van der Waals surface area contributed by atoms with Crippen molar-refractivity contribution >= 4 is 29.1 Å². The van der Waals surface area contributed by atoms with Crippen molar-refractivity contribution in [2.24, 2.45) is 0 Å². The highest BCUT2D eigenvalue weighted by molar-refractivity contribution is 7.09. The van der Waals surface area contributed by atoms with E-state index in [2.05, 4.69) is 10.3 Å². The number of hydrogen-bond donors (Lipinski definition) is 1. The number of nitrogens with one attached hydrogen (secondary N) is 1. The van der Waals surface area contributed by atoms with Crippen molar-refractivity contribution < 1.29 is 14.4 Å². The number of rotatable bonds is 4. The van der Waals surface area contributed by atoms with Crippen molar-refractivity contribution in [1.82, 2.24) is 29.9 Å². The van der Waals surface area contributed by atoms with E-state index in [1.165, 1.54) is 16.2 Å². The van der Waals surface area contributed by atoms with Crippen LogP contribution in [0.15, 0.2) is 35.7 Å². The molecule has 0 spiro atoms. The molecule has 0 aliphatic carbocycles. The van der Waals surface area contributed by atoms with Crippen molar-refractivity contribution in [3.05, 3.63) is 68.9 Å². The predicted octanol–water partition coefficient (Wildman–Crippen LogP) is 1.47. The number of nitrogens with zero attached hydrogens (tertiary/aromatic N) is 5. The van der Waals surface area contributed by atoms with Crippen LogP contribution in [0.3, 0.4) is 0 Å². The van der Waals surface area contributed by atoms with E-state index in [0.717, 1.165) is 21.8 Å². The van der Waals surface area contributed by atoms with Gasteiger partial charge in [0, 0.05) is 42.7 Å². The van der Waals surface area contributed by atoms with Crippen molar-refractivity contribution in [2.75, 3.05) is 26.2 Å². The minimum absolute atomic E-state index is 0.0138. The monoisotopic (exact) mass is 464 g/mol. The van der Waals surface area contributed by atoms with Crippen LogP contribution in [0.4, 0.5) is 0 Å². The molecule has 1 aromatic carbocycles. The summed E-state index contributed by atoms with van der Waals surface area (Å²) in [4.78, 5) is 45.9. The zero-order chi connectivity index (χ0) is 22.9. The molecule has 2 aliphatic heterocycles. The Morgan fingerprint density at radius 1 is 1.09 bits per heavy atom. The number of amides is 3. The number of piperazine rings is 1. The van der Waals surface area contributed by atoms with E-state index in [-0.39, 0.29) is 24.3 Å². The minimum Gasteiger partial charge on any atom is -0.353 e. The highest BCUT2D eigenvalue weighted by Gasteiger charge is 2.33.